The lowest BCUT2D eigenvalue weighted by atomic mass is 10.1. The predicted molar refractivity (Wildman–Crippen MR) is 88.4 cm³/mol. The van der Waals surface area contributed by atoms with Gasteiger partial charge in [0.05, 0.1) is 19.1 Å². The quantitative estimate of drug-likeness (QED) is 0.795. The van der Waals surface area contributed by atoms with Crippen LogP contribution in [0.2, 0.25) is 0 Å². The molecule has 0 aliphatic heterocycles. The molecular formula is C17H27N3O2. The molecule has 1 atom stereocenters. The van der Waals surface area contributed by atoms with E-state index in [1.54, 1.807) is 11.9 Å². The second-order valence-corrected chi connectivity index (χ2v) is 5.35. The molecule has 0 radical (unpaired) electrons. The molecule has 0 saturated carbocycles. The van der Waals surface area contributed by atoms with Crippen LogP contribution >= 0.6 is 0 Å². The Morgan fingerprint density at radius 3 is 2.32 bits per heavy atom. The van der Waals surface area contributed by atoms with Gasteiger partial charge in [0, 0.05) is 13.6 Å². The SMILES string of the molecule is CCNC(=O)CN(CC)CC(=O)N(C)C(C)c1ccccc1. The number of rotatable bonds is 8. The second-order valence-electron chi connectivity index (χ2n) is 5.35. The van der Waals surface area contributed by atoms with E-state index in [9.17, 15) is 9.59 Å². The summed E-state index contributed by atoms with van der Waals surface area (Å²) in [5.41, 5.74) is 1.10. The Morgan fingerprint density at radius 1 is 1.14 bits per heavy atom. The fourth-order valence-electron chi connectivity index (χ4n) is 2.21. The van der Waals surface area contributed by atoms with E-state index >= 15 is 0 Å². The first-order valence-electron chi connectivity index (χ1n) is 7.79. The highest BCUT2D eigenvalue weighted by atomic mass is 16.2. The normalized spacial score (nSPS) is 12.0. The van der Waals surface area contributed by atoms with Crippen LogP contribution in [0.1, 0.15) is 32.4 Å². The molecule has 122 valence electrons. The topological polar surface area (TPSA) is 52.7 Å². The fourth-order valence-corrected chi connectivity index (χ4v) is 2.21. The summed E-state index contributed by atoms with van der Waals surface area (Å²) in [6, 6.07) is 9.94. The summed E-state index contributed by atoms with van der Waals surface area (Å²) < 4.78 is 0. The Morgan fingerprint density at radius 2 is 1.77 bits per heavy atom. The van der Waals surface area contributed by atoms with Gasteiger partial charge in [0.25, 0.3) is 0 Å². The van der Waals surface area contributed by atoms with Crippen LogP contribution in [0.5, 0.6) is 0 Å². The molecule has 22 heavy (non-hydrogen) atoms. The summed E-state index contributed by atoms with van der Waals surface area (Å²) >= 11 is 0. The molecule has 0 fully saturated rings. The van der Waals surface area contributed by atoms with Crippen molar-refractivity contribution in [2.45, 2.75) is 26.8 Å². The molecule has 1 N–H and O–H groups in total. The highest BCUT2D eigenvalue weighted by Gasteiger charge is 2.20. The molecule has 0 spiro atoms. The van der Waals surface area contributed by atoms with Gasteiger partial charge in [0.15, 0.2) is 0 Å². The molecular weight excluding hydrogens is 278 g/mol. The van der Waals surface area contributed by atoms with E-state index in [0.717, 1.165) is 5.56 Å². The molecule has 1 rings (SSSR count). The van der Waals surface area contributed by atoms with Crippen molar-refractivity contribution in [1.82, 2.24) is 15.1 Å². The lowest BCUT2D eigenvalue weighted by molar-refractivity contribution is -0.133. The van der Waals surface area contributed by atoms with Gasteiger partial charge in [0.2, 0.25) is 11.8 Å². The first kappa shape index (κ1) is 18.2. The van der Waals surface area contributed by atoms with Gasteiger partial charge in [-0.25, -0.2) is 0 Å². The van der Waals surface area contributed by atoms with E-state index < -0.39 is 0 Å². The largest absolute Gasteiger partial charge is 0.355 e. The number of hydrogen-bond donors (Lipinski definition) is 1. The molecule has 1 aromatic carbocycles. The standard InChI is InChI=1S/C17H27N3O2/c1-5-18-16(21)12-20(6-2)13-17(22)19(4)14(3)15-10-8-7-9-11-15/h7-11,14H,5-6,12-13H2,1-4H3,(H,18,21). The summed E-state index contributed by atoms with van der Waals surface area (Å²) in [4.78, 5) is 27.6. The molecule has 1 aromatic rings. The van der Waals surface area contributed by atoms with Gasteiger partial charge >= 0.3 is 0 Å². The summed E-state index contributed by atoms with van der Waals surface area (Å²) in [5, 5.41) is 2.76. The number of nitrogens with one attached hydrogen (secondary N) is 1. The van der Waals surface area contributed by atoms with E-state index in [1.165, 1.54) is 0 Å². The Balaban J connectivity index is 2.60. The molecule has 0 aliphatic carbocycles. The van der Waals surface area contributed by atoms with Crippen LogP contribution in [0.15, 0.2) is 30.3 Å². The maximum absolute atomic E-state index is 12.4. The first-order chi connectivity index (χ1) is 10.5. The molecule has 2 amide bonds. The van der Waals surface area contributed by atoms with Crippen LogP contribution in [0.4, 0.5) is 0 Å². The zero-order chi connectivity index (χ0) is 16.5. The predicted octanol–water partition coefficient (Wildman–Crippen LogP) is 1.66. The molecule has 0 aromatic heterocycles. The summed E-state index contributed by atoms with van der Waals surface area (Å²) in [5.74, 6) is -0.0292. The number of carbonyl (C=O) groups is 2. The van der Waals surface area contributed by atoms with Gasteiger partial charge in [0.1, 0.15) is 0 Å². The van der Waals surface area contributed by atoms with Crippen LogP contribution in [0, 0.1) is 0 Å². The van der Waals surface area contributed by atoms with E-state index in [2.05, 4.69) is 5.32 Å². The third kappa shape index (κ3) is 5.48. The maximum atomic E-state index is 12.4. The zero-order valence-corrected chi connectivity index (χ0v) is 14.0. The van der Waals surface area contributed by atoms with E-state index in [1.807, 2.05) is 56.0 Å². The maximum Gasteiger partial charge on any atom is 0.237 e. The van der Waals surface area contributed by atoms with Gasteiger partial charge in [-0.3, -0.25) is 14.5 Å². The summed E-state index contributed by atoms with van der Waals surface area (Å²) in [7, 11) is 1.81. The minimum absolute atomic E-state index is 0.0110. The van der Waals surface area contributed by atoms with Gasteiger partial charge in [-0.05, 0) is 26.0 Å². The highest BCUT2D eigenvalue weighted by molar-refractivity contribution is 5.81. The van der Waals surface area contributed by atoms with Crippen molar-refractivity contribution in [2.75, 3.05) is 33.2 Å². The van der Waals surface area contributed by atoms with Crippen LogP contribution < -0.4 is 5.32 Å². The van der Waals surface area contributed by atoms with Crippen molar-refractivity contribution in [2.24, 2.45) is 0 Å². The average molecular weight is 305 g/mol. The smallest absolute Gasteiger partial charge is 0.237 e. The fraction of sp³-hybridized carbons (Fsp3) is 0.529. The number of likely N-dealkylation sites (N-methyl/N-ethyl adjacent to an activating group) is 3. The van der Waals surface area contributed by atoms with E-state index in [4.69, 9.17) is 0 Å². The van der Waals surface area contributed by atoms with Crippen LogP contribution in [-0.4, -0.2) is 54.8 Å². The minimum Gasteiger partial charge on any atom is -0.355 e. The minimum atomic E-state index is -0.0455. The third-order valence-corrected chi connectivity index (χ3v) is 3.80. The van der Waals surface area contributed by atoms with Gasteiger partial charge in [-0.15, -0.1) is 0 Å². The third-order valence-electron chi connectivity index (χ3n) is 3.80. The monoisotopic (exact) mass is 305 g/mol. The number of nitrogens with zero attached hydrogens (tertiary/aromatic N) is 2. The number of carbonyl (C=O) groups excluding carboxylic acids is 2. The van der Waals surface area contributed by atoms with Gasteiger partial charge in [-0.2, -0.15) is 0 Å². The molecule has 5 heteroatoms. The highest BCUT2D eigenvalue weighted by Crippen LogP contribution is 2.18. The van der Waals surface area contributed by atoms with Crippen molar-refractivity contribution in [3.05, 3.63) is 35.9 Å². The lowest BCUT2D eigenvalue weighted by Gasteiger charge is -2.28. The van der Waals surface area contributed by atoms with Crippen molar-refractivity contribution in [3.63, 3.8) is 0 Å². The van der Waals surface area contributed by atoms with Crippen molar-refractivity contribution in [1.29, 1.82) is 0 Å². The summed E-state index contributed by atoms with van der Waals surface area (Å²) in [6.07, 6.45) is 0. The molecule has 0 bridgehead atoms. The van der Waals surface area contributed by atoms with Crippen molar-refractivity contribution in [3.8, 4) is 0 Å². The van der Waals surface area contributed by atoms with Gasteiger partial charge < -0.3 is 10.2 Å². The Kier molecular flexibility index (Phi) is 7.60. The average Bonchev–Trinajstić information content (AvgIpc) is 2.53. The zero-order valence-electron chi connectivity index (χ0n) is 14.0. The molecule has 5 nitrogen and oxygen atoms in total. The first-order valence-corrected chi connectivity index (χ1v) is 7.79. The van der Waals surface area contributed by atoms with Crippen LogP contribution in [0.25, 0.3) is 0 Å². The molecule has 0 heterocycles. The number of hydrogen-bond acceptors (Lipinski definition) is 3. The van der Waals surface area contributed by atoms with Crippen LogP contribution in [-0.2, 0) is 9.59 Å². The van der Waals surface area contributed by atoms with Crippen molar-refractivity contribution < 1.29 is 9.59 Å². The Bertz CT molecular complexity index is 476. The summed E-state index contributed by atoms with van der Waals surface area (Å²) in [6.45, 7) is 7.62. The Labute approximate surface area is 133 Å². The van der Waals surface area contributed by atoms with Gasteiger partial charge in [-0.1, -0.05) is 37.3 Å². The van der Waals surface area contributed by atoms with E-state index in [-0.39, 0.29) is 30.9 Å². The molecule has 0 aliphatic rings. The molecule has 1 unspecified atom stereocenters. The Hall–Kier alpha value is -1.88. The molecule has 0 saturated heterocycles. The lowest BCUT2D eigenvalue weighted by Crippen LogP contribution is -2.43. The number of benzene rings is 1. The van der Waals surface area contributed by atoms with Crippen LogP contribution in [0.3, 0.4) is 0 Å². The number of amides is 2. The second kappa shape index (κ2) is 9.20. The van der Waals surface area contributed by atoms with E-state index in [0.29, 0.717) is 13.1 Å². The van der Waals surface area contributed by atoms with Crippen molar-refractivity contribution >= 4 is 11.8 Å².